The van der Waals surface area contributed by atoms with Crippen LogP contribution in [0, 0.1) is 0 Å². The molecule has 0 spiro atoms. The number of hydrogen-bond acceptors (Lipinski definition) is 4. The Labute approximate surface area is 227 Å². The highest BCUT2D eigenvalue weighted by Crippen LogP contribution is 2.25. The van der Waals surface area contributed by atoms with Crippen LogP contribution in [-0.4, -0.2) is 29.9 Å². The normalized spacial score (nSPS) is 10.5. The van der Waals surface area contributed by atoms with Gasteiger partial charge in [-0.05, 0) is 65.7 Å². The average molecular weight is 514 g/mol. The van der Waals surface area contributed by atoms with Gasteiger partial charge in [0.25, 0.3) is 11.8 Å². The summed E-state index contributed by atoms with van der Waals surface area (Å²) in [4.78, 5) is 32.4. The maximum atomic E-state index is 13.5. The first-order valence-electron chi connectivity index (χ1n) is 12.6. The highest BCUT2D eigenvalue weighted by molar-refractivity contribution is 6.09. The topological polar surface area (TPSA) is 71.5 Å². The van der Waals surface area contributed by atoms with Crippen molar-refractivity contribution in [2.45, 2.75) is 0 Å². The van der Waals surface area contributed by atoms with Crippen molar-refractivity contribution in [3.63, 3.8) is 0 Å². The lowest BCUT2D eigenvalue weighted by atomic mass is 9.99. The molecule has 4 aromatic carbocycles. The van der Waals surface area contributed by atoms with Crippen LogP contribution in [0.25, 0.3) is 11.1 Å². The lowest BCUT2D eigenvalue weighted by Crippen LogP contribution is -2.34. The van der Waals surface area contributed by atoms with E-state index in [1.807, 2.05) is 78.9 Å². The Morgan fingerprint density at radius 1 is 0.718 bits per heavy atom. The van der Waals surface area contributed by atoms with Crippen molar-refractivity contribution in [1.29, 1.82) is 0 Å². The smallest absolute Gasteiger partial charge is 0.258 e. The van der Waals surface area contributed by atoms with Crippen molar-refractivity contribution in [3.8, 4) is 16.9 Å². The summed E-state index contributed by atoms with van der Waals surface area (Å²) in [7, 11) is 0. The molecule has 2 amide bonds. The fourth-order valence-electron chi connectivity index (χ4n) is 4.24. The summed E-state index contributed by atoms with van der Waals surface area (Å²) in [5, 5.41) is 2.96. The Balaban J connectivity index is 1.29. The van der Waals surface area contributed by atoms with E-state index in [1.165, 1.54) is 0 Å². The Kier molecular flexibility index (Phi) is 8.04. The SMILES string of the molecule is O=C(Nc1ccc(C(=O)N(CCOc2ccccc2)c2ccncc2)cc1)c1ccccc1-c1ccccc1. The van der Waals surface area contributed by atoms with Crippen molar-refractivity contribution in [2.24, 2.45) is 0 Å². The van der Waals surface area contributed by atoms with Gasteiger partial charge in [0.05, 0.1) is 6.54 Å². The van der Waals surface area contributed by atoms with E-state index in [4.69, 9.17) is 4.74 Å². The summed E-state index contributed by atoms with van der Waals surface area (Å²) in [6.07, 6.45) is 3.30. The van der Waals surface area contributed by atoms with Crippen LogP contribution in [-0.2, 0) is 0 Å². The zero-order valence-corrected chi connectivity index (χ0v) is 21.2. The molecule has 5 aromatic rings. The van der Waals surface area contributed by atoms with Crippen LogP contribution in [0.1, 0.15) is 20.7 Å². The molecule has 0 saturated carbocycles. The van der Waals surface area contributed by atoms with Gasteiger partial charge < -0.3 is 15.0 Å². The number of carbonyl (C=O) groups excluding carboxylic acids is 2. The molecule has 0 bridgehead atoms. The second kappa shape index (κ2) is 12.3. The second-order valence-corrected chi connectivity index (χ2v) is 8.77. The number of amides is 2. The van der Waals surface area contributed by atoms with Gasteiger partial charge in [0.2, 0.25) is 0 Å². The van der Waals surface area contributed by atoms with Gasteiger partial charge in [-0.3, -0.25) is 14.6 Å². The molecule has 39 heavy (non-hydrogen) atoms. The standard InChI is InChI=1S/C33H27N3O3/c37-32(31-14-8-7-13-30(31)25-9-3-1-4-10-25)35-27-17-15-26(16-18-27)33(38)36(28-19-21-34-22-20-28)23-24-39-29-11-5-2-6-12-29/h1-22H,23-24H2,(H,35,37). The van der Waals surface area contributed by atoms with Crippen LogP contribution in [0.5, 0.6) is 5.75 Å². The predicted molar refractivity (Wildman–Crippen MR) is 154 cm³/mol. The number of nitrogens with zero attached hydrogens (tertiary/aromatic N) is 2. The quantitative estimate of drug-likeness (QED) is 0.237. The molecule has 0 fully saturated rings. The van der Waals surface area contributed by atoms with Crippen LogP contribution in [0.3, 0.4) is 0 Å². The predicted octanol–water partition coefficient (Wildman–Crippen LogP) is 6.73. The number of ether oxygens (including phenoxy) is 1. The minimum atomic E-state index is -0.218. The van der Waals surface area contributed by atoms with Crippen LogP contribution in [0.2, 0.25) is 0 Å². The highest BCUT2D eigenvalue weighted by atomic mass is 16.5. The van der Waals surface area contributed by atoms with Gasteiger partial charge in [0, 0.05) is 34.9 Å². The summed E-state index contributed by atoms with van der Waals surface area (Å²) >= 11 is 0. The molecule has 6 nitrogen and oxygen atoms in total. The Morgan fingerprint density at radius 3 is 2.08 bits per heavy atom. The maximum Gasteiger partial charge on any atom is 0.258 e. The number of hydrogen-bond donors (Lipinski definition) is 1. The first-order valence-corrected chi connectivity index (χ1v) is 12.6. The minimum absolute atomic E-state index is 0.176. The van der Waals surface area contributed by atoms with E-state index in [-0.39, 0.29) is 11.8 Å². The molecule has 0 saturated heterocycles. The summed E-state index contributed by atoms with van der Waals surface area (Å²) in [5.41, 5.74) is 4.22. The lowest BCUT2D eigenvalue weighted by Gasteiger charge is -2.23. The zero-order valence-electron chi connectivity index (χ0n) is 21.2. The number of benzene rings is 4. The monoisotopic (exact) mass is 513 g/mol. The van der Waals surface area contributed by atoms with E-state index < -0.39 is 0 Å². The molecule has 0 aliphatic heterocycles. The minimum Gasteiger partial charge on any atom is -0.492 e. The first-order chi connectivity index (χ1) is 19.2. The summed E-state index contributed by atoms with van der Waals surface area (Å²) in [5.74, 6) is 0.351. The highest BCUT2D eigenvalue weighted by Gasteiger charge is 2.19. The lowest BCUT2D eigenvalue weighted by molar-refractivity contribution is 0.0981. The summed E-state index contributed by atoms with van der Waals surface area (Å²) < 4.78 is 5.83. The molecule has 0 radical (unpaired) electrons. The maximum absolute atomic E-state index is 13.5. The number of anilines is 2. The van der Waals surface area contributed by atoms with Crippen LogP contribution in [0.4, 0.5) is 11.4 Å². The molecule has 192 valence electrons. The molecule has 5 rings (SSSR count). The molecular formula is C33H27N3O3. The van der Waals surface area contributed by atoms with Crippen molar-refractivity contribution >= 4 is 23.2 Å². The number of carbonyl (C=O) groups is 2. The molecular weight excluding hydrogens is 486 g/mol. The van der Waals surface area contributed by atoms with Gasteiger partial charge in [-0.15, -0.1) is 0 Å². The molecule has 0 unspecified atom stereocenters. The van der Waals surface area contributed by atoms with E-state index in [9.17, 15) is 9.59 Å². The van der Waals surface area contributed by atoms with Crippen LogP contribution >= 0.6 is 0 Å². The molecule has 6 heteroatoms. The van der Waals surface area contributed by atoms with Crippen LogP contribution < -0.4 is 15.0 Å². The Morgan fingerprint density at radius 2 is 1.36 bits per heavy atom. The first kappa shape index (κ1) is 25.4. The van der Waals surface area contributed by atoms with Crippen molar-refractivity contribution < 1.29 is 14.3 Å². The summed E-state index contributed by atoms with van der Waals surface area (Å²) in [6, 6.07) is 37.3. The van der Waals surface area contributed by atoms with Gasteiger partial charge in [0.15, 0.2) is 0 Å². The molecule has 0 aliphatic carbocycles. The third kappa shape index (κ3) is 6.37. The van der Waals surface area contributed by atoms with Gasteiger partial charge in [-0.1, -0.05) is 66.7 Å². The summed E-state index contributed by atoms with van der Waals surface area (Å²) in [6.45, 7) is 0.680. The Bertz CT molecular complexity index is 1520. The second-order valence-electron chi connectivity index (χ2n) is 8.77. The van der Waals surface area contributed by atoms with Crippen molar-refractivity contribution in [2.75, 3.05) is 23.4 Å². The molecule has 0 atom stereocenters. The number of aromatic nitrogens is 1. The van der Waals surface area contributed by atoms with Gasteiger partial charge in [-0.25, -0.2) is 0 Å². The number of nitrogens with one attached hydrogen (secondary N) is 1. The van der Waals surface area contributed by atoms with E-state index in [1.54, 1.807) is 59.8 Å². The molecule has 1 N–H and O–H groups in total. The van der Waals surface area contributed by atoms with Crippen molar-refractivity contribution in [3.05, 3.63) is 145 Å². The molecule has 0 aliphatic rings. The van der Waals surface area contributed by atoms with Gasteiger partial charge in [0.1, 0.15) is 12.4 Å². The van der Waals surface area contributed by atoms with E-state index in [0.29, 0.717) is 30.0 Å². The van der Waals surface area contributed by atoms with E-state index in [0.717, 1.165) is 22.6 Å². The van der Waals surface area contributed by atoms with E-state index in [2.05, 4.69) is 10.3 Å². The fraction of sp³-hybridized carbons (Fsp3) is 0.0606. The third-order valence-corrected chi connectivity index (χ3v) is 6.19. The van der Waals surface area contributed by atoms with Gasteiger partial charge in [-0.2, -0.15) is 0 Å². The fourth-order valence-corrected chi connectivity index (χ4v) is 4.24. The van der Waals surface area contributed by atoms with Gasteiger partial charge >= 0.3 is 0 Å². The molecule has 1 aromatic heterocycles. The van der Waals surface area contributed by atoms with Crippen LogP contribution in [0.15, 0.2) is 134 Å². The largest absolute Gasteiger partial charge is 0.492 e. The van der Waals surface area contributed by atoms with E-state index >= 15 is 0 Å². The number of para-hydroxylation sites is 1. The van der Waals surface area contributed by atoms with Crippen molar-refractivity contribution in [1.82, 2.24) is 4.98 Å². The average Bonchev–Trinajstić information content (AvgIpc) is 3.01. The number of rotatable bonds is 9. The Hall–Kier alpha value is -5.23. The zero-order chi connectivity index (χ0) is 26.9. The molecule has 1 heterocycles. The number of pyridine rings is 1. The third-order valence-electron chi connectivity index (χ3n) is 6.19.